The molecule has 0 aliphatic carbocycles. The fraction of sp³-hybridized carbons (Fsp3) is 0.211. The predicted octanol–water partition coefficient (Wildman–Crippen LogP) is 3.84. The Morgan fingerprint density at radius 1 is 1.09 bits per heavy atom. The first-order valence-corrected chi connectivity index (χ1v) is 7.72. The van der Waals surface area contributed by atoms with Crippen molar-refractivity contribution in [1.29, 1.82) is 0 Å². The molecule has 0 amide bonds. The second kappa shape index (κ2) is 5.43. The van der Waals surface area contributed by atoms with Gasteiger partial charge < -0.3 is 5.01 Å². The van der Waals surface area contributed by atoms with Gasteiger partial charge in [-0.25, -0.2) is 5.43 Å². The Morgan fingerprint density at radius 2 is 1.95 bits per heavy atom. The molecule has 22 heavy (non-hydrogen) atoms. The molecular formula is C19H19N3. The molecule has 0 bridgehead atoms. The zero-order valence-corrected chi connectivity index (χ0v) is 12.6. The average molecular weight is 289 g/mol. The Hall–Kier alpha value is -2.39. The summed E-state index contributed by atoms with van der Waals surface area (Å²) < 4.78 is 0. The van der Waals surface area contributed by atoms with Gasteiger partial charge in [0.1, 0.15) is 0 Å². The van der Waals surface area contributed by atoms with Crippen molar-refractivity contribution in [2.24, 2.45) is 4.99 Å². The Morgan fingerprint density at radius 3 is 2.77 bits per heavy atom. The van der Waals surface area contributed by atoms with Crippen molar-refractivity contribution in [3.63, 3.8) is 0 Å². The van der Waals surface area contributed by atoms with Crippen molar-refractivity contribution >= 4 is 6.21 Å². The Bertz CT molecular complexity index is 714. The molecule has 1 fully saturated rings. The summed E-state index contributed by atoms with van der Waals surface area (Å²) in [5, 5.41) is 2.16. The van der Waals surface area contributed by atoms with Gasteiger partial charge in [0.2, 0.25) is 0 Å². The van der Waals surface area contributed by atoms with E-state index in [9.17, 15) is 0 Å². The number of nitrogens with one attached hydrogen (secondary N) is 1. The normalized spacial score (nSPS) is 22.9. The molecule has 3 nitrogen and oxygen atoms in total. The first kappa shape index (κ1) is 13.3. The molecule has 0 aromatic heterocycles. The molecular weight excluding hydrogens is 270 g/mol. The lowest BCUT2D eigenvalue weighted by Gasteiger charge is -2.21. The van der Waals surface area contributed by atoms with Crippen LogP contribution >= 0.6 is 0 Å². The Kier molecular flexibility index (Phi) is 3.28. The topological polar surface area (TPSA) is 27.6 Å². The van der Waals surface area contributed by atoms with Crippen molar-refractivity contribution in [3.05, 3.63) is 72.1 Å². The van der Waals surface area contributed by atoms with Crippen molar-refractivity contribution in [2.45, 2.75) is 25.4 Å². The zero-order valence-electron chi connectivity index (χ0n) is 12.6. The molecule has 2 atom stereocenters. The summed E-state index contributed by atoms with van der Waals surface area (Å²) in [7, 11) is 0. The van der Waals surface area contributed by atoms with E-state index in [0.29, 0.717) is 12.1 Å². The predicted molar refractivity (Wildman–Crippen MR) is 90.4 cm³/mol. The van der Waals surface area contributed by atoms with Gasteiger partial charge in [0, 0.05) is 18.6 Å². The van der Waals surface area contributed by atoms with E-state index in [1.807, 2.05) is 18.6 Å². The standard InChI is InChI=1S/C19H19N3/c1-14-17(15-6-3-2-4-7-15)8-5-9-18(14)19-12-16-13-20-10-11-22(16)21-19/h2-11,13,16,19,21H,12H2,1H3. The molecule has 0 radical (unpaired) electrons. The van der Waals surface area contributed by atoms with E-state index in [4.69, 9.17) is 0 Å². The molecule has 2 aliphatic heterocycles. The molecule has 2 unspecified atom stereocenters. The molecule has 2 heterocycles. The van der Waals surface area contributed by atoms with Crippen LogP contribution in [0.1, 0.15) is 23.6 Å². The summed E-state index contributed by atoms with van der Waals surface area (Å²) in [6.45, 7) is 2.22. The van der Waals surface area contributed by atoms with Crippen molar-refractivity contribution in [3.8, 4) is 11.1 Å². The smallest absolute Gasteiger partial charge is 0.0818 e. The molecule has 2 aromatic carbocycles. The van der Waals surface area contributed by atoms with Gasteiger partial charge in [0.15, 0.2) is 0 Å². The number of aliphatic imine (C=N–C) groups is 1. The minimum Gasteiger partial charge on any atom is -0.305 e. The summed E-state index contributed by atoms with van der Waals surface area (Å²) in [4.78, 5) is 4.25. The molecule has 1 saturated heterocycles. The van der Waals surface area contributed by atoms with E-state index in [1.165, 1.54) is 22.3 Å². The largest absolute Gasteiger partial charge is 0.305 e. The van der Waals surface area contributed by atoms with Gasteiger partial charge in [-0.3, -0.25) is 4.99 Å². The Balaban J connectivity index is 1.69. The van der Waals surface area contributed by atoms with E-state index in [1.54, 1.807) is 0 Å². The highest BCUT2D eigenvalue weighted by Crippen LogP contribution is 2.34. The summed E-state index contributed by atoms with van der Waals surface area (Å²) >= 11 is 0. The summed E-state index contributed by atoms with van der Waals surface area (Å²) in [5.41, 5.74) is 8.90. The van der Waals surface area contributed by atoms with Crippen molar-refractivity contribution in [1.82, 2.24) is 10.4 Å². The summed E-state index contributed by atoms with van der Waals surface area (Å²) in [5.74, 6) is 0. The maximum Gasteiger partial charge on any atom is 0.0818 e. The molecule has 3 heteroatoms. The quantitative estimate of drug-likeness (QED) is 0.909. The van der Waals surface area contributed by atoms with E-state index < -0.39 is 0 Å². The van der Waals surface area contributed by atoms with Gasteiger partial charge in [-0.15, -0.1) is 0 Å². The highest BCUT2D eigenvalue weighted by atomic mass is 15.6. The van der Waals surface area contributed by atoms with Crippen LogP contribution in [0.2, 0.25) is 0 Å². The third-order valence-electron chi connectivity index (χ3n) is 4.55. The van der Waals surface area contributed by atoms with Gasteiger partial charge in [-0.05, 0) is 35.6 Å². The van der Waals surface area contributed by atoms with E-state index in [0.717, 1.165) is 6.42 Å². The van der Waals surface area contributed by atoms with E-state index in [-0.39, 0.29) is 0 Å². The summed E-state index contributed by atoms with van der Waals surface area (Å²) in [6.07, 6.45) is 6.91. The van der Waals surface area contributed by atoms with Crippen LogP contribution in [0.4, 0.5) is 0 Å². The first-order chi connectivity index (χ1) is 10.8. The minimum absolute atomic E-state index is 0.336. The summed E-state index contributed by atoms with van der Waals surface area (Å²) in [6, 6.07) is 17.9. The number of hydrogen-bond acceptors (Lipinski definition) is 3. The lowest BCUT2D eigenvalue weighted by atomic mass is 9.91. The number of benzene rings is 2. The van der Waals surface area contributed by atoms with Crippen LogP contribution < -0.4 is 5.43 Å². The second-order valence-electron chi connectivity index (χ2n) is 5.87. The van der Waals surface area contributed by atoms with Gasteiger partial charge in [-0.1, -0.05) is 48.5 Å². The van der Waals surface area contributed by atoms with Gasteiger partial charge >= 0.3 is 0 Å². The number of hydrogen-bond donors (Lipinski definition) is 1. The number of hydrazine groups is 1. The Labute approximate surface area is 131 Å². The fourth-order valence-corrected chi connectivity index (χ4v) is 3.39. The average Bonchev–Trinajstić information content (AvgIpc) is 2.99. The van der Waals surface area contributed by atoms with Crippen LogP contribution in [0.3, 0.4) is 0 Å². The zero-order chi connectivity index (χ0) is 14.9. The molecule has 4 rings (SSSR count). The first-order valence-electron chi connectivity index (χ1n) is 7.72. The van der Waals surface area contributed by atoms with Crippen LogP contribution in [0.5, 0.6) is 0 Å². The minimum atomic E-state index is 0.336. The third-order valence-corrected chi connectivity index (χ3v) is 4.55. The molecule has 1 N–H and O–H groups in total. The highest BCUT2D eigenvalue weighted by Gasteiger charge is 2.31. The van der Waals surface area contributed by atoms with Crippen molar-refractivity contribution in [2.75, 3.05) is 0 Å². The van der Waals surface area contributed by atoms with Gasteiger partial charge in [0.05, 0.1) is 12.1 Å². The van der Waals surface area contributed by atoms with Crippen LogP contribution in [0.15, 0.2) is 65.9 Å². The number of fused-ring (bicyclic) bond motifs is 1. The lowest BCUT2D eigenvalue weighted by Crippen LogP contribution is -2.34. The lowest BCUT2D eigenvalue weighted by molar-refractivity contribution is 0.303. The van der Waals surface area contributed by atoms with Crippen LogP contribution in [-0.2, 0) is 0 Å². The monoisotopic (exact) mass is 289 g/mol. The van der Waals surface area contributed by atoms with Gasteiger partial charge in [-0.2, -0.15) is 0 Å². The maximum atomic E-state index is 4.25. The van der Waals surface area contributed by atoms with Crippen LogP contribution in [0.25, 0.3) is 11.1 Å². The third kappa shape index (κ3) is 2.24. The SMILES string of the molecule is Cc1c(-c2ccccc2)cccc1C1CC2C=NC=CN2N1. The maximum absolute atomic E-state index is 4.25. The molecule has 0 saturated carbocycles. The van der Waals surface area contributed by atoms with Gasteiger partial charge in [0.25, 0.3) is 0 Å². The number of rotatable bonds is 2. The van der Waals surface area contributed by atoms with Crippen LogP contribution in [-0.4, -0.2) is 17.3 Å². The molecule has 2 aliphatic rings. The fourth-order valence-electron chi connectivity index (χ4n) is 3.39. The molecule has 0 spiro atoms. The van der Waals surface area contributed by atoms with E-state index >= 15 is 0 Å². The number of nitrogens with zero attached hydrogens (tertiary/aromatic N) is 2. The molecule has 110 valence electrons. The van der Waals surface area contributed by atoms with Crippen molar-refractivity contribution < 1.29 is 0 Å². The van der Waals surface area contributed by atoms with E-state index in [2.05, 4.69) is 70.9 Å². The molecule has 2 aromatic rings. The second-order valence-corrected chi connectivity index (χ2v) is 5.87. The highest BCUT2D eigenvalue weighted by molar-refractivity contribution is 5.70. The van der Waals surface area contributed by atoms with Crippen LogP contribution in [0, 0.1) is 6.92 Å².